The summed E-state index contributed by atoms with van der Waals surface area (Å²) in [6, 6.07) is 9.38. The van der Waals surface area contributed by atoms with E-state index in [4.69, 9.17) is 4.74 Å². The van der Waals surface area contributed by atoms with Gasteiger partial charge in [0.05, 0.1) is 24.1 Å². The summed E-state index contributed by atoms with van der Waals surface area (Å²) >= 11 is 0. The molecule has 0 fully saturated rings. The van der Waals surface area contributed by atoms with Gasteiger partial charge < -0.3 is 4.74 Å². The molecular weight excluding hydrogens is 429 g/mol. The highest BCUT2D eigenvalue weighted by Gasteiger charge is 2.44. The number of benzene rings is 1. The molecule has 4 rings (SSSR count). The molecule has 172 valence electrons. The lowest BCUT2D eigenvalue weighted by molar-refractivity contribution is -0.126. The Bertz CT molecular complexity index is 1260. The van der Waals surface area contributed by atoms with Gasteiger partial charge in [0.15, 0.2) is 0 Å². The minimum absolute atomic E-state index is 0.00167. The molecule has 10 heteroatoms. The van der Waals surface area contributed by atoms with Gasteiger partial charge in [-0.25, -0.2) is 4.79 Å². The van der Waals surface area contributed by atoms with Crippen LogP contribution in [0.15, 0.2) is 59.7 Å². The van der Waals surface area contributed by atoms with Crippen LogP contribution < -0.4 is 10.7 Å². The van der Waals surface area contributed by atoms with Gasteiger partial charge in [0, 0.05) is 30.6 Å². The number of ether oxygens (including phenoxy) is 1. The fourth-order valence-electron chi connectivity index (χ4n) is 3.70. The van der Waals surface area contributed by atoms with Crippen LogP contribution in [0.3, 0.4) is 0 Å². The normalized spacial score (nSPS) is 15.3. The van der Waals surface area contributed by atoms with Gasteiger partial charge in [0.25, 0.3) is 11.5 Å². The Morgan fingerprint density at radius 2 is 1.85 bits per heavy atom. The second-order valence-corrected chi connectivity index (χ2v) is 8.73. The summed E-state index contributed by atoms with van der Waals surface area (Å²) < 4.78 is 23.7. The van der Waals surface area contributed by atoms with Crippen LogP contribution in [-0.2, 0) is 23.1 Å². The number of nitrogens with zero attached hydrogens (tertiary/aromatic N) is 5. The van der Waals surface area contributed by atoms with Crippen molar-refractivity contribution in [1.29, 1.82) is 0 Å². The van der Waals surface area contributed by atoms with Crippen LogP contribution in [0.25, 0.3) is 5.69 Å². The van der Waals surface area contributed by atoms with Crippen LogP contribution in [0, 0.1) is 0 Å². The molecule has 3 heterocycles. The van der Waals surface area contributed by atoms with E-state index in [2.05, 4.69) is 5.10 Å². The number of halogens is 1. The predicted octanol–water partition coefficient (Wildman–Crippen LogP) is 3.28. The molecule has 1 atom stereocenters. The van der Waals surface area contributed by atoms with Crippen molar-refractivity contribution in [3.8, 4) is 5.69 Å². The first kappa shape index (κ1) is 22.3. The number of aryl methyl sites for hydroxylation is 1. The molecule has 0 saturated carbocycles. The zero-order valence-corrected chi connectivity index (χ0v) is 18.7. The van der Waals surface area contributed by atoms with Crippen molar-refractivity contribution < 1.29 is 18.8 Å². The Morgan fingerprint density at radius 3 is 2.48 bits per heavy atom. The van der Waals surface area contributed by atoms with Gasteiger partial charge in [-0.1, -0.05) is 10.5 Å². The number of aromatic nitrogens is 3. The van der Waals surface area contributed by atoms with Gasteiger partial charge in [0.1, 0.15) is 11.6 Å². The molecule has 0 radical (unpaired) electrons. The largest absolute Gasteiger partial charge is 0.444 e. The van der Waals surface area contributed by atoms with E-state index >= 15 is 4.48 Å². The average Bonchev–Trinajstić information content (AvgIpc) is 3.32. The van der Waals surface area contributed by atoms with Crippen molar-refractivity contribution in [3.63, 3.8) is 0 Å². The first-order chi connectivity index (χ1) is 15.6. The highest BCUT2D eigenvalue weighted by Crippen LogP contribution is 2.37. The molecule has 1 unspecified atom stereocenters. The second kappa shape index (κ2) is 8.19. The maximum absolute atomic E-state index is 15.3. The molecule has 33 heavy (non-hydrogen) atoms. The van der Waals surface area contributed by atoms with Crippen LogP contribution in [0.2, 0.25) is 0 Å². The third-order valence-corrected chi connectivity index (χ3v) is 5.25. The Morgan fingerprint density at radius 1 is 1.15 bits per heavy atom. The molecule has 0 spiro atoms. The number of anilines is 1. The van der Waals surface area contributed by atoms with Crippen LogP contribution in [0.5, 0.6) is 0 Å². The summed E-state index contributed by atoms with van der Waals surface area (Å²) in [6.07, 6.45) is 2.34. The topological polar surface area (TPSA) is 89.7 Å². The predicted molar refractivity (Wildman–Crippen MR) is 118 cm³/mol. The van der Waals surface area contributed by atoms with E-state index in [9.17, 15) is 14.4 Å². The van der Waals surface area contributed by atoms with E-state index in [0.29, 0.717) is 16.9 Å². The lowest BCUT2D eigenvalue weighted by Crippen LogP contribution is -2.42. The average molecular weight is 453 g/mol. The highest BCUT2D eigenvalue weighted by molar-refractivity contribution is 5.98. The Balaban J connectivity index is 1.62. The number of hydrogen-bond acceptors (Lipinski definition) is 5. The lowest BCUT2D eigenvalue weighted by atomic mass is 10.1. The molecule has 3 aromatic rings. The molecule has 1 aromatic carbocycles. The summed E-state index contributed by atoms with van der Waals surface area (Å²) in [7, 11) is 1.69. The molecule has 2 amide bonds. The molecule has 9 nitrogen and oxygen atoms in total. The fourth-order valence-corrected chi connectivity index (χ4v) is 3.70. The number of amides is 2. The smallest absolute Gasteiger partial charge is 0.411 e. The molecule has 0 aliphatic carbocycles. The number of hydrogen-bond donors (Lipinski definition) is 0. The molecule has 0 N–H and O–H groups in total. The molecule has 1 aliphatic heterocycles. The number of rotatable bonds is 3. The van der Waals surface area contributed by atoms with Crippen molar-refractivity contribution in [1.82, 2.24) is 19.2 Å². The van der Waals surface area contributed by atoms with Crippen molar-refractivity contribution in [2.24, 2.45) is 7.05 Å². The first-order valence-electron chi connectivity index (χ1n) is 10.3. The molecule has 1 aliphatic rings. The van der Waals surface area contributed by atoms with Crippen molar-refractivity contribution >= 4 is 17.7 Å². The maximum atomic E-state index is 15.3. The summed E-state index contributed by atoms with van der Waals surface area (Å²) in [4.78, 5) is 39.2. The minimum atomic E-state index is -1.22. The van der Waals surface area contributed by atoms with Gasteiger partial charge in [0.2, 0.25) is 0 Å². The molecule has 0 saturated heterocycles. The molecule has 2 aromatic heterocycles. The molecular formula is C23H24FN5O4. The van der Waals surface area contributed by atoms with E-state index in [0.717, 1.165) is 0 Å². The van der Waals surface area contributed by atoms with E-state index in [1.54, 1.807) is 50.8 Å². The highest BCUT2D eigenvalue weighted by atomic mass is 19.2. The van der Waals surface area contributed by atoms with Gasteiger partial charge in [-0.2, -0.15) is 5.10 Å². The van der Waals surface area contributed by atoms with E-state index in [-0.39, 0.29) is 22.9 Å². The monoisotopic (exact) mass is 453 g/mol. The second-order valence-electron chi connectivity index (χ2n) is 8.73. The van der Waals surface area contributed by atoms with E-state index < -0.39 is 23.6 Å². The van der Waals surface area contributed by atoms with Crippen molar-refractivity contribution in [2.75, 3.05) is 5.12 Å². The first-order valence-corrected chi connectivity index (χ1v) is 10.3. The number of fused-ring (bicyclic) bond motifs is 1. The number of carbonyl (C=O) groups is 2. The quantitative estimate of drug-likeness (QED) is 0.568. The Kier molecular flexibility index (Phi) is 5.52. The minimum Gasteiger partial charge on any atom is -0.444 e. The number of carbonyl (C=O) groups excluding carboxylic acids is 2. The number of pyridine rings is 1. The zero-order chi connectivity index (χ0) is 23.9. The summed E-state index contributed by atoms with van der Waals surface area (Å²) in [5, 5.41) is 4.14. The van der Waals surface area contributed by atoms with Gasteiger partial charge >= 0.3 is 6.09 Å². The Hall–Kier alpha value is -3.95. The summed E-state index contributed by atoms with van der Waals surface area (Å²) in [6.45, 7) is 5.22. The van der Waals surface area contributed by atoms with Gasteiger partial charge in [-0.05, 0) is 51.1 Å². The third-order valence-electron chi connectivity index (χ3n) is 5.25. The fraction of sp³-hybridized carbons (Fsp3) is 0.304. The molecule has 0 bridgehead atoms. The third kappa shape index (κ3) is 4.23. The summed E-state index contributed by atoms with van der Waals surface area (Å²) in [5.41, 5.74) is 0.555. The van der Waals surface area contributed by atoms with Crippen LogP contribution in [-0.4, -0.2) is 36.8 Å². The van der Waals surface area contributed by atoms with Gasteiger partial charge in [-0.3, -0.25) is 23.7 Å². The zero-order valence-electron chi connectivity index (χ0n) is 18.7. The summed E-state index contributed by atoms with van der Waals surface area (Å²) in [5.74, 6) is -0.947. The SMILES string of the molecule is Cn1ncc2c1CN(C(=O)OC(C)(C)C)C2C(=O)N(F)c1ccc(-n2ccccc2=O)cc1. The van der Waals surface area contributed by atoms with Crippen molar-refractivity contribution in [3.05, 3.63) is 76.5 Å². The van der Waals surface area contributed by atoms with Crippen LogP contribution in [0.4, 0.5) is 15.0 Å². The van der Waals surface area contributed by atoms with E-state index in [1.165, 1.54) is 46.0 Å². The van der Waals surface area contributed by atoms with Crippen LogP contribution in [0.1, 0.15) is 38.1 Å². The Labute approximate surface area is 189 Å². The lowest BCUT2D eigenvalue weighted by Gasteiger charge is -2.29. The van der Waals surface area contributed by atoms with Crippen molar-refractivity contribution in [2.45, 2.75) is 39.0 Å². The van der Waals surface area contributed by atoms with Crippen LogP contribution >= 0.6 is 0 Å². The van der Waals surface area contributed by atoms with E-state index in [1.807, 2.05) is 0 Å². The maximum Gasteiger partial charge on any atom is 0.411 e. The standard InChI is InChI=1S/C23H24FN5O4/c1-23(2,3)33-22(32)28-14-18-17(13-25-26(18)4)20(28)21(31)29(24)16-10-8-15(9-11-16)27-12-6-5-7-19(27)30/h5-13,20H,14H2,1-4H3. The van der Waals surface area contributed by atoms with Gasteiger partial charge in [-0.15, -0.1) is 5.12 Å².